The van der Waals surface area contributed by atoms with Crippen LogP contribution in [0.4, 0.5) is 0 Å². The highest BCUT2D eigenvalue weighted by Crippen LogP contribution is 2.41. The summed E-state index contributed by atoms with van der Waals surface area (Å²) in [5, 5.41) is 1.88. The van der Waals surface area contributed by atoms with Gasteiger partial charge in [0.1, 0.15) is 0 Å². The average molecular weight is 405 g/mol. The largest absolute Gasteiger partial charge is 0.446 e. The molecule has 0 bridgehead atoms. The van der Waals surface area contributed by atoms with Crippen molar-refractivity contribution in [2.24, 2.45) is 0 Å². The van der Waals surface area contributed by atoms with Crippen LogP contribution >= 0.6 is 0 Å². The number of fused-ring (bicyclic) bond motifs is 3. The number of rotatable bonds is 3. The fourth-order valence-electron chi connectivity index (χ4n) is 4.85. The Bertz CT molecular complexity index is 1270. The van der Waals surface area contributed by atoms with Crippen LogP contribution in [0.1, 0.15) is 45.1 Å². The molecule has 0 saturated heterocycles. The van der Waals surface area contributed by atoms with E-state index in [1.807, 2.05) is 61.5 Å². The molecule has 0 unspecified atom stereocenters. The van der Waals surface area contributed by atoms with E-state index in [9.17, 15) is 4.79 Å². The summed E-state index contributed by atoms with van der Waals surface area (Å²) in [5.74, 6) is -0.319. The molecule has 2 heteroatoms. The zero-order valence-electron chi connectivity index (χ0n) is 17.6. The Morgan fingerprint density at radius 1 is 0.806 bits per heavy atom. The second-order valence-corrected chi connectivity index (χ2v) is 8.19. The molecule has 0 fully saturated rings. The van der Waals surface area contributed by atoms with Gasteiger partial charge in [0, 0.05) is 11.1 Å². The minimum atomic E-state index is -0.862. The standard InChI is InChI=1S/C29H24O2/c1-3-20-18-19-25(24-13-7-6-12-23(20)24)28(30)31-29(2)26-14-8-4-10-21(26)16-17-22-11-5-9-15-27(22)29/h3-15,18-19H,1,16-17H2,2H3. The third-order valence-corrected chi connectivity index (χ3v) is 6.42. The topological polar surface area (TPSA) is 26.3 Å². The third-order valence-electron chi connectivity index (χ3n) is 6.42. The Morgan fingerprint density at radius 2 is 1.35 bits per heavy atom. The van der Waals surface area contributed by atoms with E-state index in [0.29, 0.717) is 5.56 Å². The third kappa shape index (κ3) is 3.16. The van der Waals surface area contributed by atoms with Crippen LogP contribution in [0.3, 0.4) is 0 Å². The lowest BCUT2D eigenvalue weighted by Gasteiger charge is -2.32. The molecule has 2 nitrogen and oxygen atoms in total. The maximum Gasteiger partial charge on any atom is 0.339 e. The summed E-state index contributed by atoms with van der Waals surface area (Å²) < 4.78 is 6.41. The molecular formula is C29H24O2. The van der Waals surface area contributed by atoms with Crippen LogP contribution in [-0.2, 0) is 23.2 Å². The van der Waals surface area contributed by atoms with E-state index in [2.05, 4.69) is 43.0 Å². The molecule has 0 amide bonds. The molecule has 4 aromatic rings. The normalized spacial score (nSPS) is 14.2. The van der Waals surface area contributed by atoms with Gasteiger partial charge < -0.3 is 4.74 Å². The molecule has 0 N–H and O–H groups in total. The number of benzene rings is 4. The van der Waals surface area contributed by atoms with Gasteiger partial charge in [0.15, 0.2) is 5.60 Å². The summed E-state index contributed by atoms with van der Waals surface area (Å²) in [6.45, 7) is 5.93. The molecule has 1 aliphatic carbocycles. The maximum absolute atomic E-state index is 13.6. The van der Waals surface area contributed by atoms with Crippen molar-refractivity contribution in [2.75, 3.05) is 0 Å². The Kier molecular flexibility index (Phi) is 4.71. The first-order chi connectivity index (χ1) is 15.1. The first-order valence-corrected chi connectivity index (χ1v) is 10.7. The molecule has 5 rings (SSSR count). The molecule has 152 valence electrons. The Balaban J connectivity index is 1.66. The van der Waals surface area contributed by atoms with Crippen LogP contribution in [0.25, 0.3) is 16.8 Å². The molecule has 0 aromatic heterocycles. The van der Waals surface area contributed by atoms with E-state index in [4.69, 9.17) is 4.74 Å². The van der Waals surface area contributed by atoms with Crippen molar-refractivity contribution in [3.63, 3.8) is 0 Å². The lowest BCUT2D eigenvalue weighted by molar-refractivity contribution is 0.00620. The Labute approximate surface area is 182 Å². The predicted octanol–water partition coefficient (Wildman–Crippen LogP) is 6.70. The molecule has 4 aromatic carbocycles. The lowest BCUT2D eigenvalue weighted by atomic mass is 9.84. The summed E-state index contributed by atoms with van der Waals surface area (Å²) >= 11 is 0. The second-order valence-electron chi connectivity index (χ2n) is 8.19. The van der Waals surface area contributed by atoms with E-state index >= 15 is 0 Å². The first-order valence-electron chi connectivity index (χ1n) is 10.7. The van der Waals surface area contributed by atoms with Crippen LogP contribution < -0.4 is 0 Å². The minimum absolute atomic E-state index is 0.319. The van der Waals surface area contributed by atoms with E-state index in [1.165, 1.54) is 11.1 Å². The fraction of sp³-hybridized carbons (Fsp3) is 0.138. The number of aryl methyl sites for hydroxylation is 2. The van der Waals surface area contributed by atoms with Crippen LogP contribution in [0.2, 0.25) is 0 Å². The van der Waals surface area contributed by atoms with Gasteiger partial charge in [-0.25, -0.2) is 4.79 Å². The van der Waals surface area contributed by atoms with Gasteiger partial charge in [0.05, 0.1) is 5.56 Å². The summed E-state index contributed by atoms with van der Waals surface area (Å²) in [6, 6.07) is 28.3. The summed E-state index contributed by atoms with van der Waals surface area (Å²) in [5.41, 5.74) is 5.27. The predicted molar refractivity (Wildman–Crippen MR) is 126 cm³/mol. The van der Waals surface area contributed by atoms with Crippen molar-refractivity contribution >= 4 is 22.8 Å². The van der Waals surface area contributed by atoms with Crippen LogP contribution in [0.5, 0.6) is 0 Å². The number of carbonyl (C=O) groups excluding carboxylic acids is 1. The van der Waals surface area contributed by atoms with Crippen molar-refractivity contribution in [3.05, 3.63) is 125 Å². The quantitative estimate of drug-likeness (QED) is 0.355. The van der Waals surface area contributed by atoms with Gasteiger partial charge >= 0.3 is 5.97 Å². The molecule has 1 aliphatic rings. The van der Waals surface area contributed by atoms with E-state index in [1.54, 1.807) is 0 Å². The van der Waals surface area contributed by atoms with Gasteiger partial charge in [0.2, 0.25) is 0 Å². The fourth-order valence-corrected chi connectivity index (χ4v) is 4.85. The minimum Gasteiger partial charge on any atom is -0.446 e. The summed E-state index contributed by atoms with van der Waals surface area (Å²) in [4.78, 5) is 13.6. The first kappa shape index (κ1) is 19.3. The number of esters is 1. The molecular weight excluding hydrogens is 380 g/mol. The van der Waals surface area contributed by atoms with Crippen molar-refractivity contribution in [2.45, 2.75) is 25.4 Å². The summed E-state index contributed by atoms with van der Waals surface area (Å²) in [6.07, 6.45) is 3.67. The number of hydrogen-bond donors (Lipinski definition) is 0. The van der Waals surface area contributed by atoms with E-state index in [-0.39, 0.29) is 5.97 Å². The van der Waals surface area contributed by atoms with E-state index < -0.39 is 5.60 Å². The van der Waals surface area contributed by atoms with Crippen molar-refractivity contribution < 1.29 is 9.53 Å². The lowest BCUT2D eigenvalue weighted by Crippen LogP contribution is -2.32. The highest BCUT2D eigenvalue weighted by molar-refractivity contribution is 6.07. The molecule has 31 heavy (non-hydrogen) atoms. The van der Waals surface area contributed by atoms with Crippen molar-refractivity contribution in [1.82, 2.24) is 0 Å². The molecule has 0 radical (unpaired) electrons. The van der Waals surface area contributed by atoms with Crippen LogP contribution in [-0.4, -0.2) is 5.97 Å². The molecule has 0 atom stereocenters. The second kappa shape index (κ2) is 7.55. The van der Waals surface area contributed by atoms with Gasteiger partial charge in [-0.3, -0.25) is 0 Å². The number of ether oxygens (including phenoxy) is 1. The zero-order valence-corrected chi connectivity index (χ0v) is 17.6. The average Bonchev–Trinajstić information content (AvgIpc) is 2.93. The maximum atomic E-state index is 13.6. The smallest absolute Gasteiger partial charge is 0.339 e. The molecule has 0 aliphatic heterocycles. The highest BCUT2D eigenvalue weighted by atomic mass is 16.6. The Morgan fingerprint density at radius 3 is 1.97 bits per heavy atom. The number of hydrogen-bond acceptors (Lipinski definition) is 2. The van der Waals surface area contributed by atoms with Gasteiger partial charge in [-0.1, -0.05) is 91.5 Å². The number of carbonyl (C=O) groups is 1. The SMILES string of the molecule is C=Cc1ccc(C(=O)OC2(C)c3ccccc3CCc3ccccc32)c2ccccc12. The van der Waals surface area contributed by atoms with Gasteiger partial charge in [-0.05, 0) is 53.3 Å². The van der Waals surface area contributed by atoms with Crippen LogP contribution in [0, 0.1) is 0 Å². The van der Waals surface area contributed by atoms with Crippen LogP contribution in [0.15, 0.2) is 91.5 Å². The monoisotopic (exact) mass is 404 g/mol. The molecule has 0 spiro atoms. The van der Waals surface area contributed by atoms with E-state index in [0.717, 1.165) is 40.3 Å². The van der Waals surface area contributed by atoms with Crippen molar-refractivity contribution in [1.29, 1.82) is 0 Å². The van der Waals surface area contributed by atoms with Gasteiger partial charge in [0.25, 0.3) is 0 Å². The highest BCUT2D eigenvalue weighted by Gasteiger charge is 2.38. The molecule has 0 saturated carbocycles. The molecule has 0 heterocycles. The summed E-state index contributed by atoms with van der Waals surface area (Å²) in [7, 11) is 0. The zero-order chi connectivity index (χ0) is 21.4. The van der Waals surface area contributed by atoms with Crippen molar-refractivity contribution in [3.8, 4) is 0 Å². The Hall–Kier alpha value is -3.65. The van der Waals surface area contributed by atoms with Gasteiger partial charge in [-0.15, -0.1) is 0 Å². The van der Waals surface area contributed by atoms with Gasteiger partial charge in [-0.2, -0.15) is 0 Å².